The lowest BCUT2D eigenvalue weighted by Gasteiger charge is -2.21. The maximum absolute atomic E-state index is 4.97. The Morgan fingerprint density at radius 3 is 2.69 bits per heavy atom. The van der Waals surface area contributed by atoms with Gasteiger partial charge in [-0.25, -0.2) is 17.6 Å². The molecule has 0 bridgehead atoms. The Morgan fingerprint density at radius 2 is 1.88 bits per heavy atom. The summed E-state index contributed by atoms with van der Waals surface area (Å²) in [5.41, 5.74) is 6.61. The van der Waals surface area contributed by atoms with Crippen LogP contribution in [-0.4, -0.2) is 32.7 Å². The van der Waals surface area contributed by atoms with Crippen LogP contribution in [0.25, 0.3) is 28.3 Å². The number of aromatic amines is 1. The van der Waals surface area contributed by atoms with Crippen molar-refractivity contribution in [2.75, 3.05) is 0 Å². The summed E-state index contributed by atoms with van der Waals surface area (Å²) in [6, 6.07) is 20.7. The monoisotopic (exact) mass is 535 g/mol. The normalized spacial score (nSPS) is 12.5. The van der Waals surface area contributed by atoms with Crippen LogP contribution >= 0.6 is 22.9 Å². The molecule has 1 aromatic carbocycles. The molecule has 0 unspecified atom stereocenters. The standard InChI is InChI=1S/C24H22IN7/c1-16-7-6-10-20(28-16)24-23(19-11-12-22-26-15-27-32(22)13-19)29-21(30-24)14-31(25)17(2)18-8-4-3-5-9-18/h3-13,15,17H,14H2,1-2H3,(H,29,30)/t17-/m1/s1. The summed E-state index contributed by atoms with van der Waals surface area (Å²) in [6.07, 6.45) is 3.52. The minimum Gasteiger partial charge on any atom is -0.340 e. The van der Waals surface area contributed by atoms with E-state index in [1.54, 1.807) is 10.8 Å². The number of halogens is 1. The lowest BCUT2D eigenvalue weighted by Crippen LogP contribution is -2.16. The van der Waals surface area contributed by atoms with Crippen molar-refractivity contribution in [1.29, 1.82) is 0 Å². The molecule has 0 spiro atoms. The Bertz CT molecular complexity index is 1360. The van der Waals surface area contributed by atoms with Gasteiger partial charge in [0.2, 0.25) is 0 Å². The minimum absolute atomic E-state index is 0.248. The molecule has 0 saturated carbocycles. The highest BCUT2D eigenvalue weighted by molar-refractivity contribution is 14.1. The van der Waals surface area contributed by atoms with Crippen LogP contribution in [-0.2, 0) is 6.54 Å². The lowest BCUT2D eigenvalue weighted by atomic mass is 10.1. The zero-order valence-corrected chi connectivity index (χ0v) is 19.9. The van der Waals surface area contributed by atoms with Crippen LogP contribution in [0.2, 0.25) is 0 Å². The first-order chi connectivity index (χ1) is 15.6. The van der Waals surface area contributed by atoms with Crippen molar-refractivity contribution in [3.05, 3.63) is 90.3 Å². The van der Waals surface area contributed by atoms with Gasteiger partial charge in [-0.1, -0.05) is 36.4 Å². The largest absolute Gasteiger partial charge is 0.340 e. The van der Waals surface area contributed by atoms with Gasteiger partial charge in [0.05, 0.1) is 17.9 Å². The molecule has 5 aromatic rings. The van der Waals surface area contributed by atoms with E-state index in [1.807, 2.05) is 49.5 Å². The highest BCUT2D eigenvalue weighted by Crippen LogP contribution is 2.31. The van der Waals surface area contributed by atoms with Crippen LogP contribution in [0.4, 0.5) is 0 Å². The van der Waals surface area contributed by atoms with Gasteiger partial charge in [0.25, 0.3) is 0 Å². The van der Waals surface area contributed by atoms with Gasteiger partial charge in [-0.15, -0.1) is 0 Å². The Hall–Kier alpha value is -3.11. The van der Waals surface area contributed by atoms with Crippen LogP contribution in [0.5, 0.6) is 0 Å². The Morgan fingerprint density at radius 1 is 1.03 bits per heavy atom. The summed E-state index contributed by atoms with van der Waals surface area (Å²) in [7, 11) is 0. The van der Waals surface area contributed by atoms with Crippen LogP contribution in [0.15, 0.2) is 73.2 Å². The Kier molecular flexibility index (Phi) is 5.71. The van der Waals surface area contributed by atoms with E-state index in [0.717, 1.165) is 39.8 Å². The van der Waals surface area contributed by atoms with Gasteiger partial charge in [0.1, 0.15) is 17.8 Å². The summed E-state index contributed by atoms with van der Waals surface area (Å²) in [4.78, 5) is 17.5. The molecule has 0 fully saturated rings. The smallest absolute Gasteiger partial charge is 0.155 e. The number of rotatable bonds is 6. The number of fused-ring (bicyclic) bond motifs is 1. The molecule has 7 nitrogen and oxygen atoms in total. The molecule has 0 aliphatic rings. The second-order valence-corrected chi connectivity index (χ2v) is 8.94. The van der Waals surface area contributed by atoms with Crippen LogP contribution in [0.1, 0.15) is 30.0 Å². The van der Waals surface area contributed by atoms with Crippen molar-refractivity contribution in [2.24, 2.45) is 0 Å². The van der Waals surface area contributed by atoms with Gasteiger partial charge >= 0.3 is 0 Å². The molecule has 0 amide bonds. The van der Waals surface area contributed by atoms with E-state index in [-0.39, 0.29) is 6.04 Å². The number of benzene rings is 1. The number of imidazole rings is 1. The zero-order valence-electron chi connectivity index (χ0n) is 17.8. The average Bonchev–Trinajstić information content (AvgIpc) is 3.45. The van der Waals surface area contributed by atoms with E-state index in [1.165, 1.54) is 5.56 Å². The van der Waals surface area contributed by atoms with Gasteiger partial charge in [0.15, 0.2) is 5.65 Å². The number of H-pyrrole nitrogens is 1. The molecule has 0 aliphatic carbocycles. The third kappa shape index (κ3) is 4.15. The molecule has 0 saturated heterocycles. The molecule has 0 aliphatic heterocycles. The fourth-order valence-electron chi connectivity index (χ4n) is 3.70. The second kappa shape index (κ2) is 8.79. The minimum atomic E-state index is 0.248. The number of nitrogens with one attached hydrogen (secondary N) is 1. The van der Waals surface area contributed by atoms with Gasteiger partial charge in [-0.3, -0.25) is 4.98 Å². The van der Waals surface area contributed by atoms with E-state index in [2.05, 4.69) is 72.2 Å². The highest BCUT2D eigenvalue weighted by Gasteiger charge is 2.20. The maximum atomic E-state index is 4.97. The summed E-state index contributed by atoms with van der Waals surface area (Å²) < 4.78 is 4.02. The first-order valence-electron chi connectivity index (χ1n) is 10.4. The van der Waals surface area contributed by atoms with Gasteiger partial charge in [-0.2, -0.15) is 5.10 Å². The fraction of sp³-hybridized carbons (Fsp3) is 0.167. The predicted octanol–water partition coefficient (Wildman–Crippen LogP) is 5.40. The molecule has 0 radical (unpaired) electrons. The zero-order chi connectivity index (χ0) is 22.1. The second-order valence-electron chi connectivity index (χ2n) is 7.70. The predicted molar refractivity (Wildman–Crippen MR) is 133 cm³/mol. The summed E-state index contributed by atoms with van der Waals surface area (Å²) >= 11 is 2.38. The molecule has 160 valence electrons. The third-order valence-electron chi connectivity index (χ3n) is 5.45. The van der Waals surface area contributed by atoms with E-state index >= 15 is 0 Å². The summed E-state index contributed by atoms with van der Waals surface area (Å²) in [5, 5.41) is 4.28. The molecule has 5 rings (SSSR count). The van der Waals surface area contributed by atoms with Crippen LogP contribution < -0.4 is 0 Å². The fourth-order valence-corrected chi connectivity index (χ4v) is 4.35. The van der Waals surface area contributed by atoms with Crippen molar-refractivity contribution in [3.8, 4) is 22.6 Å². The summed E-state index contributed by atoms with van der Waals surface area (Å²) in [6.45, 7) is 4.86. The Labute approximate surface area is 200 Å². The molecular weight excluding hydrogens is 513 g/mol. The lowest BCUT2D eigenvalue weighted by molar-refractivity contribution is 0.403. The quantitative estimate of drug-likeness (QED) is 0.233. The number of hydrogen-bond donors (Lipinski definition) is 1. The van der Waals surface area contributed by atoms with Crippen molar-refractivity contribution in [1.82, 2.24) is 32.7 Å². The summed E-state index contributed by atoms with van der Waals surface area (Å²) in [5.74, 6) is 0.883. The molecule has 1 atom stereocenters. The van der Waals surface area contributed by atoms with Crippen molar-refractivity contribution >= 4 is 28.5 Å². The number of pyridine rings is 2. The number of aryl methyl sites for hydroxylation is 1. The molecular formula is C24H22IN7. The first-order valence-corrected chi connectivity index (χ1v) is 11.3. The van der Waals surface area contributed by atoms with Gasteiger partial charge < -0.3 is 4.98 Å². The maximum Gasteiger partial charge on any atom is 0.155 e. The van der Waals surface area contributed by atoms with E-state index in [0.29, 0.717) is 6.54 Å². The van der Waals surface area contributed by atoms with Crippen LogP contribution in [0, 0.1) is 6.92 Å². The molecule has 8 heteroatoms. The molecule has 32 heavy (non-hydrogen) atoms. The number of aromatic nitrogens is 6. The first kappa shape index (κ1) is 20.8. The molecule has 4 aromatic heterocycles. The van der Waals surface area contributed by atoms with E-state index in [4.69, 9.17) is 9.97 Å². The van der Waals surface area contributed by atoms with Crippen molar-refractivity contribution in [2.45, 2.75) is 26.4 Å². The number of hydrogen-bond acceptors (Lipinski definition) is 5. The SMILES string of the molecule is Cc1cccc(-c2nc(CN(I)[C@H](C)c3ccccc3)[nH]c2-c2ccc3ncnn3c2)n1. The molecule has 1 N–H and O–H groups in total. The average molecular weight is 535 g/mol. The van der Waals surface area contributed by atoms with E-state index < -0.39 is 0 Å². The molecule has 4 heterocycles. The topological polar surface area (TPSA) is 75.0 Å². The number of nitrogens with zero attached hydrogens (tertiary/aromatic N) is 6. The third-order valence-corrected chi connectivity index (χ3v) is 6.63. The van der Waals surface area contributed by atoms with Crippen molar-refractivity contribution in [3.63, 3.8) is 0 Å². The van der Waals surface area contributed by atoms with Gasteiger partial charge in [-0.05, 0) is 43.7 Å². The Balaban J connectivity index is 1.53. The van der Waals surface area contributed by atoms with Crippen molar-refractivity contribution < 1.29 is 0 Å². The van der Waals surface area contributed by atoms with Gasteiger partial charge in [0, 0.05) is 46.4 Å². The highest BCUT2D eigenvalue weighted by atomic mass is 127. The van der Waals surface area contributed by atoms with Crippen LogP contribution in [0.3, 0.4) is 0 Å². The van der Waals surface area contributed by atoms with E-state index in [9.17, 15) is 0 Å².